The number of ketones is 1. The van der Waals surface area contributed by atoms with E-state index in [0.717, 1.165) is 0 Å². The molecule has 92 valence electrons. The Labute approximate surface area is 120 Å². The molecule has 0 spiro atoms. The number of Topliss-reactive ketones (excluding diaryl/α,β-unsaturated/α-hetero) is 1. The molecule has 0 fully saturated rings. The number of benzene rings is 2. The molecule has 1 nitrogen and oxygen atoms in total. The minimum Gasteiger partial charge on any atom is -0.292 e. The Morgan fingerprint density at radius 2 is 1.56 bits per heavy atom. The number of carbonyl (C=O) groups excluding carboxylic acids is 1. The second kappa shape index (κ2) is 5.75. The van der Waals surface area contributed by atoms with Crippen molar-refractivity contribution in [2.45, 2.75) is 5.38 Å². The van der Waals surface area contributed by atoms with Crippen LogP contribution in [0, 0.1) is 0 Å². The van der Waals surface area contributed by atoms with Crippen LogP contribution in [0.3, 0.4) is 0 Å². The van der Waals surface area contributed by atoms with Gasteiger partial charge in [0.15, 0.2) is 5.78 Å². The molecule has 0 saturated heterocycles. The van der Waals surface area contributed by atoms with Gasteiger partial charge in [0.25, 0.3) is 0 Å². The zero-order valence-corrected chi connectivity index (χ0v) is 11.5. The molecule has 2 aromatic rings. The highest BCUT2D eigenvalue weighted by molar-refractivity contribution is 6.35. The molecule has 2 aromatic carbocycles. The summed E-state index contributed by atoms with van der Waals surface area (Å²) in [6.45, 7) is 0. The standard InChI is InChI=1S/C14H9Cl3O/c15-11-5-1-3-9(7-11)13(17)14(18)10-4-2-6-12(16)8-10/h1-8,13H. The average molecular weight is 300 g/mol. The van der Waals surface area contributed by atoms with E-state index >= 15 is 0 Å². The van der Waals surface area contributed by atoms with Crippen LogP contribution < -0.4 is 0 Å². The van der Waals surface area contributed by atoms with Crippen molar-refractivity contribution in [2.24, 2.45) is 0 Å². The normalized spacial score (nSPS) is 12.2. The molecule has 18 heavy (non-hydrogen) atoms. The van der Waals surface area contributed by atoms with E-state index in [2.05, 4.69) is 0 Å². The summed E-state index contributed by atoms with van der Waals surface area (Å²) in [7, 11) is 0. The summed E-state index contributed by atoms with van der Waals surface area (Å²) in [6.07, 6.45) is 0. The zero-order chi connectivity index (χ0) is 13.1. The molecular weight excluding hydrogens is 291 g/mol. The van der Waals surface area contributed by atoms with Crippen molar-refractivity contribution in [3.8, 4) is 0 Å². The molecule has 0 aliphatic carbocycles. The average Bonchev–Trinajstić information content (AvgIpc) is 2.37. The fraction of sp³-hybridized carbons (Fsp3) is 0.0714. The third kappa shape index (κ3) is 3.05. The van der Waals surface area contributed by atoms with Crippen LogP contribution >= 0.6 is 34.8 Å². The molecule has 0 N–H and O–H groups in total. The van der Waals surface area contributed by atoms with Gasteiger partial charge in [-0.25, -0.2) is 0 Å². The van der Waals surface area contributed by atoms with Crippen molar-refractivity contribution < 1.29 is 4.79 Å². The molecule has 0 saturated carbocycles. The number of hydrogen-bond donors (Lipinski definition) is 0. The summed E-state index contributed by atoms with van der Waals surface area (Å²) in [5.74, 6) is -0.193. The lowest BCUT2D eigenvalue weighted by Gasteiger charge is -2.09. The third-order valence-corrected chi connectivity index (χ3v) is 3.40. The van der Waals surface area contributed by atoms with Crippen LogP contribution in [0.25, 0.3) is 0 Å². The van der Waals surface area contributed by atoms with Crippen molar-refractivity contribution in [3.05, 3.63) is 69.7 Å². The summed E-state index contributed by atoms with van der Waals surface area (Å²) in [4.78, 5) is 12.2. The fourth-order valence-corrected chi connectivity index (χ4v) is 2.25. The van der Waals surface area contributed by atoms with Gasteiger partial charge in [0, 0.05) is 15.6 Å². The largest absolute Gasteiger partial charge is 0.292 e. The van der Waals surface area contributed by atoms with Gasteiger partial charge in [0.05, 0.1) is 0 Å². The molecule has 2 rings (SSSR count). The van der Waals surface area contributed by atoms with Crippen LogP contribution in [0.2, 0.25) is 10.0 Å². The van der Waals surface area contributed by atoms with Gasteiger partial charge in [-0.2, -0.15) is 0 Å². The number of hydrogen-bond acceptors (Lipinski definition) is 1. The van der Waals surface area contributed by atoms with E-state index in [0.29, 0.717) is 21.2 Å². The van der Waals surface area contributed by atoms with Gasteiger partial charge in [0.2, 0.25) is 0 Å². The Morgan fingerprint density at radius 3 is 2.17 bits per heavy atom. The summed E-state index contributed by atoms with van der Waals surface area (Å²) in [5, 5.41) is 0.301. The maximum absolute atomic E-state index is 12.2. The molecule has 0 aliphatic heterocycles. The Kier molecular flexibility index (Phi) is 4.28. The third-order valence-electron chi connectivity index (χ3n) is 2.48. The van der Waals surface area contributed by atoms with E-state index in [1.807, 2.05) is 0 Å². The number of rotatable bonds is 3. The first-order valence-electron chi connectivity index (χ1n) is 5.27. The van der Waals surface area contributed by atoms with Gasteiger partial charge in [-0.05, 0) is 29.8 Å². The van der Waals surface area contributed by atoms with Gasteiger partial charge in [-0.3, -0.25) is 4.79 Å². The van der Waals surface area contributed by atoms with E-state index < -0.39 is 5.38 Å². The van der Waals surface area contributed by atoms with E-state index in [1.54, 1.807) is 48.5 Å². The smallest absolute Gasteiger partial charge is 0.185 e. The van der Waals surface area contributed by atoms with Gasteiger partial charge in [-0.1, -0.05) is 47.5 Å². The number of halogens is 3. The molecule has 0 aromatic heterocycles. The summed E-state index contributed by atoms with van der Waals surface area (Å²) in [5.41, 5.74) is 1.16. The molecule has 0 amide bonds. The minimum absolute atomic E-state index is 0.193. The van der Waals surface area contributed by atoms with Crippen LogP contribution in [0.15, 0.2) is 48.5 Å². The first-order valence-corrected chi connectivity index (χ1v) is 6.46. The van der Waals surface area contributed by atoms with Crippen LogP contribution in [0.1, 0.15) is 21.3 Å². The topological polar surface area (TPSA) is 17.1 Å². The van der Waals surface area contributed by atoms with Gasteiger partial charge >= 0.3 is 0 Å². The van der Waals surface area contributed by atoms with Crippen molar-refractivity contribution >= 4 is 40.6 Å². The number of carbonyl (C=O) groups is 1. The second-order valence-corrected chi connectivity index (χ2v) is 5.10. The van der Waals surface area contributed by atoms with E-state index in [4.69, 9.17) is 34.8 Å². The molecule has 1 atom stereocenters. The van der Waals surface area contributed by atoms with Crippen LogP contribution in [0.4, 0.5) is 0 Å². The maximum atomic E-state index is 12.2. The van der Waals surface area contributed by atoms with Crippen molar-refractivity contribution in [3.63, 3.8) is 0 Å². The van der Waals surface area contributed by atoms with Gasteiger partial charge < -0.3 is 0 Å². The molecular formula is C14H9Cl3O. The molecule has 1 unspecified atom stereocenters. The van der Waals surface area contributed by atoms with Crippen LogP contribution in [-0.4, -0.2) is 5.78 Å². The quantitative estimate of drug-likeness (QED) is 0.565. The molecule has 0 aliphatic rings. The lowest BCUT2D eigenvalue weighted by Crippen LogP contribution is -2.07. The summed E-state index contributed by atoms with van der Waals surface area (Å²) in [6, 6.07) is 13.7. The first-order chi connectivity index (χ1) is 8.58. The predicted molar refractivity (Wildman–Crippen MR) is 75.8 cm³/mol. The Balaban J connectivity index is 2.29. The maximum Gasteiger partial charge on any atom is 0.185 e. The van der Waals surface area contributed by atoms with Crippen molar-refractivity contribution in [1.82, 2.24) is 0 Å². The SMILES string of the molecule is O=C(c1cccc(Cl)c1)C(Cl)c1cccc(Cl)c1. The molecule has 4 heteroatoms. The highest BCUT2D eigenvalue weighted by Crippen LogP contribution is 2.27. The molecule has 0 radical (unpaired) electrons. The Morgan fingerprint density at radius 1 is 0.944 bits per heavy atom. The predicted octanol–water partition coefficient (Wildman–Crippen LogP) is 5.16. The zero-order valence-electron chi connectivity index (χ0n) is 9.24. The monoisotopic (exact) mass is 298 g/mol. The van der Waals surface area contributed by atoms with E-state index in [-0.39, 0.29) is 5.78 Å². The second-order valence-electron chi connectivity index (χ2n) is 3.79. The first kappa shape index (κ1) is 13.4. The lowest BCUT2D eigenvalue weighted by atomic mass is 10.0. The minimum atomic E-state index is -0.762. The lowest BCUT2D eigenvalue weighted by molar-refractivity contribution is 0.0987. The highest BCUT2D eigenvalue weighted by atomic mass is 35.5. The molecule has 0 heterocycles. The fourth-order valence-electron chi connectivity index (χ4n) is 1.60. The van der Waals surface area contributed by atoms with Gasteiger partial charge in [-0.15, -0.1) is 11.6 Å². The van der Waals surface area contributed by atoms with Crippen molar-refractivity contribution in [1.29, 1.82) is 0 Å². The van der Waals surface area contributed by atoms with E-state index in [9.17, 15) is 4.79 Å². The van der Waals surface area contributed by atoms with Crippen LogP contribution in [-0.2, 0) is 0 Å². The highest BCUT2D eigenvalue weighted by Gasteiger charge is 2.19. The van der Waals surface area contributed by atoms with Crippen molar-refractivity contribution in [2.75, 3.05) is 0 Å². The van der Waals surface area contributed by atoms with E-state index in [1.165, 1.54) is 0 Å². The number of alkyl halides is 1. The van der Waals surface area contributed by atoms with Gasteiger partial charge in [0.1, 0.15) is 5.38 Å². The summed E-state index contributed by atoms with van der Waals surface area (Å²) < 4.78 is 0. The Hall–Kier alpha value is -1.02. The summed E-state index contributed by atoms with van der Waals surface area (Å²) >= 11 is 17.9. The Bertz CT molecular complexity index is 581. The molecule has 0 bridgehead atoms. The van der Waals surface area contributed by atoms with Crippen LogP contribution in [0.5, 0.6) is 0 Å².